The number of hydrogen-bond acceptors (Lipinski definition) is 5. The Hall–Kier alpha value is -1.73. The maximum absolute atomic E-state index is 13.6. The summed E-state index contributed by atoms with van der Waals surface area (Å²) in [6.07, 6.45) is 1.05. The van der Waals surface area contributed by atoms with Crippen LogP contribution in [-0.4, -0.2) is 9.97 Å². The van der Waals surface area contributed by atoms with Crippen molar-refractivity contribution in [1.29, 1.82) is 0 Å². The smallest absolute Gasteiger partial charge is 0.239 e. The zero-order valence-electron chi connectivity index (χ0n) is 9.54. The molecule has 7 heteroatoms. The monoisotopic (exact) mass is 311 g/mol. The summed E-state index contributed by atoms with van der Waals surface area (Å²) in [7, 11) is 0. The Morgan fingerprint density at radius 1 is 1.39 bits per heavy atom. The predicted molar refractivity (Wildman–Crippen MR) is 72.0 cm³/mol. The fourth-order valence-corrected chi connectivity index (χ4v) is 1.74. The first-order chi connectivity index (χ1) is 8.60. The van der Waals surface area contributed by atoms with Crippen molar-refractivity contribution in [2.24, 2.45) is 5.84 Å². The molecule has 2 rings (SSSR count). The van der Waals surface area contributed by atoms with Crippen LogP contribution < -0.4 is 16.6 Å². The van der Waals surface area contributed by atoms with E-state index in [2.05, 4.69) is 36.6 Å². The summed E-state index contributed by atoms with van der Waals surface area (Å²) in [5.41, 5.74) is 3.99. The second-order valence-electron chi connectivity index (χ2n) is 3.62. The second kappa shape index (κ2) is 5.28. The first-order valence-corrected chi connectivity index (χ1v) is 5.92. The predicted octanol–water partition coefficient (Wildman–Crippen LogP) is 2.72. The van der Waals surface area contributed by atoms with Gasteiger partial charge in [0.15, 0.2) is 11.6 Å². The van der Waals surface area contributed by atoms with E-state index in [0.29, 0.717) is 0 Å². The average molecular weight is 312 g/mol. The van der Waals surface area contributed by atoms with Gasteiger partial charge in [-0.15, -0.1) is 0 Å². The van der Waals surface area contributed by atoms with Gasteiger partial charge in [0.2, 0.25) is 5.95 Å². The molecule has 0 spiro atoms. The van der Waals surface area contributed by atoms with Crippen LogP contribution in [0.3, 0.4) is 0 Å². The van der Waals surface area contributed by atoms with Gasteiger partial charge < -0.3 is 5.32 Å². The molecule has 0 aliphatic rings. The Morgan fingerprint density at radius 2 is 2.17 bits per heavy atom. The molecule has 0 aliphatic heterocycles. The highest BCUT2D eigenvalue weighted by Crippen LogP contribution is 2.25. The molecule has 0 unspecified atom stereocenters. The van der Waals surface area contributed by atoms with Gasteiger partial charge in [0.25, 0.3) is 0 Å². The van der Waals surface area contributed by atoms with Gasteiger partial charge in [0.05, 0.1) is 6.20 Å². The third kappa shape index (κ3) is 2.74. The number of aromatic nitrogens is 2. The number of anilines is 3. The number of nitrogens with zero attached hydrogens (tertiary/aromatic N) is 2. The number of nitrogens with two attached hydrogens (primary N) is 1. The van der Waals surface area contributed by atoms with E-state index in [0.717, 1.165) is 21.9 Å². The van der Waals surface area contributed by atoms with E-state index in [9.17, 15) is 4.39 Å². The molecular formula is C11H11BrFN5. The molecule has 0 amide bonds. The molecular weight excluding hydrogens is 301 g/mol. The molecule has 1 heterocycles. The molecule has 0 aliphatic carbocycles. The molecule has 2 aromatic rings. The molecule has 0 radical (unpaired) electrons. The van der Waals surface area contributed by atoms with Gasteiger partial charge >= 0.3 is 0 Å². The lowest BCUT2D eigenvalue weighted by Gasteiger charge is -2.10. The molecule has 1 aromatic heterocycles. The van der Waals surface area contributed by atoms with Crippen molar-refractivity contribution in [3.05, 3.63) is 40.2 Å². The van der Waals surface area contributed by atoms with Crippen LogP contribution in [0.1, 0.15) is 5.56 Å². The largest absolute Gasteiger partial charge is 0.337 e. The minimum Gasteiger partial charge on any atom is -0.337 e. The first-order valence-electron chi connectivity index (χ1n) is 5.12. The summed E-state index contributed by atoms with van der Waals surface area (Å²) in [6.45, 7) is 1.91. The fraction of sp³-hybridized carbons (Fsp3) is 0.0909. The van der Waals surface area contributed by atoms with Crippen LogP contribution >= 0.6 is 15.9 Å². The zero-order chi connectivity index (χ0) is 13.1. The lowest BCUT2D eigenvalue weighted by atomic mass is 10.2. The Labute approximate surface area is 112 Å². The van der Waals surface area contributed by atoms with Crippen molar-refractivity contribution in [3.8, 4) is 0 Å². The summed E-state index contributed by atoms with van der Waals surface area (Å²) in [5.74, 6) is 4.85. The molecule has 0 saturated heterocycles. The highest BCUT2D eigenvalue weighted by molar-refractivity contribution is 9.10. The van der Waals surface area contributed by atoms with Crippen LogP contribution in [-0.2, 0) is 0 Å². The molecule has 1 aromatic carbocycles. The van der Waals surface area contributed by atoms with Gasteiger partial charge in [-0.1, -0.05) is 22.0 Å². The Balaban J connectivity index is 2.36. The molecule has 5 nitrogen and oxygen atoms in total. The molecule has 4 N–H and O–H groups in total. The highest BCUT2D eigenvalue weighted by atomic mass is 79.9. The number of aryl methyl sites for hydroxylation is 1. The van der Waals surface area contributed by atoms with E-state index in [-0.39, 0.29) is 11.8 Å². The SMILES string of the molecule is Cc1ccc(Br)cc1Nc1nc(NN)ncc1F. The van der Waals surface area contributed by atoms with Gasteiger partial charge in [-0.25, -0.2) is 15.2 Å². The van der Waals surface area contributed by atoms with Crippen molar-refractivity contribution < 1.29 is 4.39 Å². The van der Waals surface area contributed by atoms with Crippen molar-refractivity contribution in [3.63, 3.8) is 0 Å². The number of rotatable bonds is 3. The van der Waals surface area contributed by atoms with E-state index in [1.165, 1.54) is 0 Å². The van der Waals surface area contributed by atoms with Gasteiger partial charge in [0.1, 0.15) is 0 Å². The van der Waals surface area contributed by atoms with Gasteiger partial charge in [-0.3, -0.25) is 5.43 Å². The van der Waals surface area contributed by atoms with Crippen LogP contribution in [0, 0.1) is 12.7 Å². The summed E-state index contributed by atoms with van der Waals surface area (Å²) in [5, 5.41) is 2.90. The average Bonchev–Trinajstić information content (AvgIpc) is 2.36. The van der Waals surface area contributed by atoms with Crippen LogP contribution in [0.15, 0.2) is 28.9 Å². The lowest BCUT2D eigenvalue weighted by Crippen LogP contribution is -2.12. The Morgan fingerprint density at radius 3 is 2.89 bits per heavy atom. The van der Waals surface area contributed by atoms with Crippen molar-refractivity contribution >= 4 is 33.4 Å². The minimum atomic E-state index is -0.548. The number of nitrogen functional groups attached to an aromatic ring is 1. The number of benzene rings is 1. The van der Waals surface area contributed by atoms with E-state index in [1.807, 2.05) is 25.1 Å². The Kier molecular flexibility index (Phi) is 3.73. The molecule has 0 saturated carbocycles. The molecule has 94 valence electrons. The van der Waals surface area contributed by atoms with Crippen LogP contribution in [0.2, 0.25) is 0 Å². The van der Waals surface area contributed by atoms with Crippen molar-refractivity contribution in [2.45, 2.75) is 6.92 Å². The maximum atomic E-state index is 13.6. The third-order valence-corrected chi connectivity index (χ3v) is 2.82. The van der Waals surface area contributed by atoms with E-state index >= 15 is 0 Å². The standard InChI is InChI=1S/C11H11BrFN5/c1-6-2-3-7(12)4-9(6)16-10-8(13)5-15-11(17-10)18-14/h2-5H,14H2,1H3,(H2,15,16,17,18). The fourth-order valence-electron chi connectivity index (χ4n) is 1.38. The molecule has 0 bridgehead atoms. The third-order valence-electron chi connectivity index (χ3n) is 2.33. The summed E-state index contributed by atoms with van der Waals surface area (Å²) in [4.78, 5) is 7.58. The quantitative estimate of drug-likeness (QED) is 0.600. The normalized spacial score (nSPS) is 10.2. The zero-order valence-corrected chi connectivity index (χ0v) is 11.1. The van der Waals surface area contributed by atoms with Gasteiger partial charge in [0, 0.05) is 10.2 Å². The van der Waals surface area contributed by atoms with Crippen molar-refractivity contribution in [2.75, 3.05) is 10.7 Å². The van der Waals surface area contributed by atoms with E-state index in [4.69, 9.17) is 5.84 Å². The lowest BCUT2D eigenvalue weighted by molar-refractivity contribution is 0.619. The topological polar surface area (TPSA) is 75.9 Å². The Bertz CT molecular complexity index is 575. The minimum absolute atomic E-state index is 0.0687. The van der Waals surface area contributed by atoms with Crippen LogP contribution in [0.5, 0.6) is 0 Å². The summed E-state index contributed by atoms with van der Waals surface area (Å²) in [6, 6.07) is 5.66. The van der Waals surface area contributed by atoms with Gasteiger partial charge in [-0.05, 0) is 24.6 Å². The maximum Gasteiger partial charge on any atom is 0.239 e. The number of halogens is 2. The number of nitrogens with one attached hydrogen (secondary N) is 2. The van der Waals surface area contributed by atoms with Crippen LogP contribution in [0.4, 0.5) is 21.8 Å². The second-order valence-corrected chi connectivity index (χ2v) is 4.53. The number of hydrazine groups is 1. The first kappa shape index (κ1) is 12.7. The van der Waals surface area contributed by atoms with Crippen molar-refractivity contribution in [1.82, 2.24) is 9.97 Å². The molecule has 0 atom stereocenters. The van der Waals surface area contributed by atoms with E-state index in [1.54, 1.807) is 0 Å². The van der Waals surface area contributed by atoms with E-state index < -0.39 is 5.82 Å². The van der Waals surface area contributed by atoms with Crippen LogP contribution in [0.25, 0.3) is 0 Å². The highest BCUT2D eigenvalue weighted by Gasteiger charge is 2.08. The van der Waals surface area contributed by atoms with Gasteiger partial charge in [-0.2, -0.15) is 4.98 Å². The summed E-state index contributed by atoms with van der Waals surface area (Å²) < 4.78 is 14.4. The molecule has 0 fully saturated rings. The molecule has 18 heavy (non-hydrogen) atoms. The summed E-state index contributed by atoms with van der Waals surface area (Å²) >= 11 is 3.36. The number of hydrogen-bond donors (Lipinski definition) is 3.